The molecule has 0 saturated heterocycles. The van der Waals surface area contributed by atoms with Crippen LogP contribution >= 0.6 is 0 Å². The highest BCUT2D eigenvalue weighted by molar-refractivity contribution is 5.38. The van der Waals surface area contributed by atoms with Gasteiger partial charge in [0.1, 0.15) is 5.75 Å². The van der Waals surface area contributed by atoms with Crippen LogP contribution in [0.2, 0.25) is 0 Å². The van der Waals surface area contributed by atoms with Crippen LogP contribution in [0.1, 0.15) is 11.1 Å². The fourth-order valence-electron chi connectivity index (χ4n) is 1.13. The molecular weight excluding hydrogens is 195 g/mol. The lowest BCUT2D eigenvalue weighted by Crippen LogP contribution is -2.08. The quantitative estimate of drug-likeness (QED) is 0.774. The van der Waals surface area contributed by atoms with E-state index in [2.05, 4.69) is 0 Å². The first-order chi connectivity index (χ1) is 6.45. The van der Waals surface area contributed by atoms with E-state index in [0.29, 0.717) is 12.0 Å². The molecule has 0 aliphatic carbocycles. The second-order valence-electron chi connectivity index (χ2n) is 2.89. The lowest BCUT2D eigenvalue weighted by molar-refractivity contribution is -0.138. The van der Waals surface area contributed by atoms with Crippen molar-refractivity contribution in [2.45, 2.75) is 12.6 Å². The second kappa shape index (κ2) is 3.88. The van der Waals surface area contributed by atoms with Gasteiger partial charge in [0.25, 0.3) is 0 Å². The molecule has 3 N–H and O–H groups in total. The van der Waals surface area contributed by atoms with Gasteiger partial charge in [-0.3, -0.25) is 0 Å². The Kier molecular flexibility index (Phi) is 3.00. The van der Waals surface area contributed by atoms with Crippen LogP contribution in [0.25, 0.3) is 0 Å². The van der Waals surface area contributed by atoms with Crippen molar-refractivity contribution in [2.24, 2.45) is 5.73 Å². The zero-order valence-corrected chi connectivity index (χ0v) is 7.30. The van der Waals surface area contributed by atoms with E-state index < -0.39 is 17.5 Å². The van der Waals surface area contributed by atoms with Gasteiger partial charge in [0, 0.05) is 0 Å². The van der Waals surface area contributed by atoms with Crippen LogP contribution < -0.4 is 5.73 Å². The number of hydrogen-bond acceptors (Lipinski definition) is 2. The van der Waals surface area contributed by atoms with Gasteiger partial charge in [-0.2, -0.15) is 13.2 Å². The summed E-state index contributed by atoms with van der Waals surface area (Å²) in [5.74, 6) is -0.752. The smallest absolute Gasteiger partial charge is 0.419 e. The maximum atomic E-state index is 12.3. The number of alkyl halides is 3. The van der Waals surface area contributed by atoms with Crippen molar-refractivity contribution in [1.82, 2.24) is 0 Å². The van der Waals surface area contributed by atoms with Crippen molar-refractivity contribution in [3.8, 4) is 5.75 Å². The monoisotopic (exact) mass is 205 g/mol. The third-order valence-electron chi connectivity index (χ3n) is 1.80. The third-order valence-corrected chi connectivity index (χ3v) is 1.80. The van der Waals surface area contributed by atoms with E-state index in [0.717, 1.165) is 12.1 Å². The molecule has 1 aromatic rings. The minimum absolute atomic E-state index is 0.280. The number of hydrogen-bond donors (Lipinski definition) is 2. The van der Waals surface area contributed by atoms with Gasteiger partial charge in [-0.05, 0) is 30.7 Å². The molecule has 0 unspecified atom stereocenters. The third kappa shape index (κ3) is 2.38. The first-order valence-corrected chi connectivity index (χ1v) is 4.04. The summed E-state index contributed by atoms with van der Waals surface area (Å²) in [5.41, 5.74) is 4.67. The van der Waals surface area contributed by atoms with E-state index >= 15 is 0 Å². The van der Waals surface area contributed by atoms with Crippen LogP contribution in [0, 0.1) is 0 Å². The Hall–Kier alpha value is -1.23. The summed E-state index contributed by atoms with van der Waals surface area (Å²) in [6, 6.07) is 3.38. The van der Waals surface area contributed by atoms with E-state index in [1.807, 2.05) is 0 Å². The molecular formula is C9H10F3NO. The Morgan fingerprint density at radius 3 is 2.43 bits per heavy atom. The van der Waals surface area contributed by atoms with Crippen LogP contribution in [0.3, 0.4) is 0 Å². The van der Waals surface area contributed by atoms with Crippen LogP contribution in [0.5, 0.6) is 5.75 Å². The average Bonchev–Trinajstić information content (AvgIpc) is 2.07. The number of phenolic OH excluding ortho intramolecular Hbond substituents is 1. The Morgan fingerprint density at radius 1 is 1.29 bits per heavy atom. The minimum Gasteiger partial charge on any atom is -0.507 e. The van der Waals surface area contributed by atoms with Gasteiger partial charge < -0.3 is 10.8 Å². The number of rotatable bonds is 2. The van der Waals surface area contributed by atoms with Crippen LogP contribution in [-0.4, -0.2) is 11.7 Å². The van der Waals surface area contributed by atoms with E-state index in [4.69, 9.17) is 10.8 Å². The standard InChI is InChI=1S/C9H10F3NO/c10-9(11,12)7-5-6(3-4-13)1-2-8(7)14/h1-2,5,14H,3-4,13H2. The number of halogens is 3. The molecule has 1 rings (SSSR count). The fourth-order valence-corrected chi connectivity index (χ4v) is 1.13. The molecule has 78 valence electrons. The lowest BCUT2D eigenvalue weighted by Gasteiger charge is -2.10. The molecule has 1 aromatic carbocycles. The maximum absolute atomic E-state index is 12.3. The summed E-state index contributed by atoms with van der Waals surface area (Å²) >= 11 is 0. The molecule has 0 atom stereocenters. The molecule has 0 spiro atoms. The van der Waals surface area contributed by atoms with Crippen molar-refractivity contribution < 1.29 is 18.3 Å². The van der Waals surface area contributed by atoms with Gasteiger partial charge in [-0.25, -0.2) is 0 Å². The molecule has 0 amide bonds. The molecule has 0 aliphatic rings. The fraction of sp³-hybridized carbons (Fsp3) is 0.333. The molecule has 14 heavy (non-hydrogen) atoms. The Morgan fingerprint density at radius 2 is 1.93 bits per heavy atom. The van der Waals surface area contributed by atoms with Crippen molar-refractivity contribution in [3.05, 3.63) is 29.3 Å². The molecule has 0 heterocycles. The summed E-state index contributed by atoms with van der Waals surface area (Å²) < 4.78 is 36.8. The molecule has 5 heteroatoms. The van der Waals surface area contributed by atoms with Gasteiger partial charge in [0.15, 0.2) is 0 Å². The predicted molar refractivity (Wildman–Crippen MR) is 45.9 cm³/mol. The van der Waals surface area contributed by atoms with E-state index in [9.17, 15) is 13.2 Å². The summed E-state index contributed by atoms with van der Waals surface area (Å²) in [5, 5.41) is 8.99. The van der Waals surface area contributed by atoms with Crippen molar-refractivity contribution >= 4 is 0 Å². The minimum atomic E-state index is -4.52. The second-order valence-corrected chi connectivity index (χ2v) is 2.89. The largest absolute Gasteiger partial charge is 0.507 e. The van der Waals surface area contributed by atoms with Gasteiger partial charge in [0.2, 0.25) is 0 Å². The first-order valence-electron chi connectivity index (χ1n) is 4.04. The summed E-state index contributed by atoms with van der Waals surface area (Å²) in [6.07, 6.45) is -4.15. The summed E-state index contributed by atoms with van der Waals surface area (Å²) in [4.78, 5) is 0. The number of phenols is 1. The Bertz CT molecular complexity index is 322. The zero-order valence-electron chi connectivity index (χ0n) is 7.30. The SMILES string of the molecule is NCCc1ccc(O)c(C(F)(F)F)c1. The normalized spacial score (nSPS) is 11.7. The first kappa shape index (κ1) is 10.8. The number of nitrogens with two attached hydrogens (primary N) is 1. The summed E-state index contributed by atoms with van der Waals surface area (Å²) in [7, 11) is 0. The molecule has 2 nitrogen and oxygen atoms in total. The molecule has 0 fully saturated rings. The van der Waals surface area contributed by atoms with Crippen molar-refractivity contribution in [3.63, 3.8) is 0 Å². The zero-order chi connectivity index (χ0) is 10.8. The topological polar surface area (TPSA) is 46.2 Å². The highest BCUT2D eigenvalue weighted by Crippen LogP contribution is 2.35. The molecule has 0 radical (unpaired) electrons. The van der Waals surface area contributed by atoms with Crippen molar-refractivity contribution in [1.29, 1.82) is 0 Å². The van der Waals surface area contributed by atoms with Crippen LogP contribution in [0.15, 0.2) is 18.2 Å². The van der Waals surface area contributed by atoms with Crippen LogP contribution in [0.4, 0.5) is 13.2 Å². The molecule has 0 saturated carbocycles. The van der Waals surface area contributed by atoms with E-state index in [1.165, 1.54) is 6.07 Å². The predicted octanol–water partition coefficient (Wildman–Crippen LogP) is 1.91. The average molecular weight is 205 g/mol. The highest BCUT2D eigenvalue weighted by Gasteiger charge is 2.33. The summed E-state index contributed by atoms with van der Waals surface area (Å²) in [6.45, 7) is 0.280. The van der Waals surface area contributed by atoms with Gasteiger partial charge in [-0.15, -0.1) is 0 Å². The maximum Gasteiger partial charge on any atom is 0.419 e. The van der Waals surface area contributed by atoms with E-state index in [-0.39, 0.29) is 6.54 Å². The van der Waals surface area contributed by atoms with Gasteiger partial charge in [0.05, 0.1) is 5.56 Å². The number of aromatic hydroxyl groups is 1. The Labute approximate surface area is 79.2 Å². The highest BCUT2D eigenvalue weighted by atomic mass is 19.4. The number of benzene rings is 1. The van der Waals surface area contributed by atoms with E-state index in [1.54, 1.807) is 0 Å². The van der Waals surface area contributed by atoms with Gasteiger partial charge >= 0.3 is 6.18 Å². The van der Waals surface area contributed by atoms with Crippen molar-refractivity contribution in [2.75, 3.05) is 6.54 Å². The van der Waals surface area contributed by atoms with Crippen LogP contribution in [-0.2, 0) is 12.6 Å². The molecule has 0 bridgehead atoms. The lowest BCUT2D eigenvalue weighted by atomic mass is 10.1. The molecule has 0 aromatic heterocycles. The molecule has 0 aliphatic heterocycles. The van der Waals surface area contributed by atoms with Gasteiger partial charge in [-0.1, -0.05) is 6.07 Å². The Balaban J connectivity index is 3.09.